The molecule has 2 aromatic rings. The fourth-order valence-electron chi connectivity index (χ4n) is 5.18. The van der Waals surface area contributed by atoms with Gasteiger partial charge in [0.05, 0.1) is 35.6 Å². The van der Waals surface area contributed by atoms with Crippen molar-refractivity contribution in [3.05, 3.63) is 76.5 Å². The number of carbonyl (C=O) groups excluding carboxylic acids is 3. The van der Waals surface area contributed by atoms with Crippen LogP contribution < -0.4 is 16.0 Å². The number of aromatic nitrogens is 2. The summed E-state index contributed by atoms with van der Waals surface area (Å²) < 4.78 is 20.0. The molecule has 4 N–H and O–H groups in total. The monoisotopic (exact) mass is 610 g/mol. The van der Waals surface area contributed by atoms with Gasteiger partial charge < -0.3 is 25.3 Å². The third kappa shape index (κ3) is 7.53. The standard InChI is InChI=1S/C31H36ClFN6O4/c1-5-9-21(32)28(33)27(18(2)3)22-14-15-39(30(41)38-22)25-10-7-6-8-11-26(40)36-23-16-19(35-31(42)43-4)12-13-20(23)24-17-34-29(25)37-24/h5-7,9,12-13,16-17,22,25H,8,10-11,14-15H2,1-4H3,(H,34,37)(H,35,42)(H,36,40)(H,38,41)/b7-6+,9-5-,28-21-. The summed E-state index contributed by atoms with van der Waals surface area (Å²) in [6.07, 6.45) is 9.72. The molecule has 2 aliphatic rings. The fraction of sp³-hybridized carbons (Fsp3) is 0.355. The van der Waals surface area contributed by atoms with Crippen LogP contribution in [0.25, 0.3) is 11.3 Å². The smallest absolute Gasteiger partial charge is 0.411 e. The van der Waals surface area contributed by atoms with Gasteiger partial charge in [-0.1, -0.05) is 35.4 Å². The number of rotatable bonds is 5. The van der Waals surface area contributed by atoms with Crippen molar-refractivity contribution in [1.29, 1.82) is 0 Å². The summed E-state index contributed by atoms with van der Waals surface area (Å²) >= 11 is 6.17. The lowest BCUT2D eigenvalue weighted by atomic mass is 9.95. The minimum absolute atomic E-state index is 0.0136. The van der Waals surface area contributed by atoms with Crippen molar-refractivity contribution in [2.75, 3.05) is 24.3 Å². The van der Waals surface area contributed by atoms with E-state index in [4.69, 9.17) is 16.6 Å². The lowest BCUT2D eigenvalue weighted by Gasteiger charge is -2.38. The van der Waals surface area contributed by atoms with Gasteiger partial charge in [0, 0.05) is 36.0 Å². The van der Waals surface area contributed by atoms with E-state index in [0.717, 1.165) is 5.57 Å². The Balaban J connectivity index is 1.65. The van der Waals surface area contributed by atoms with Crippen LogP contribution >= 0.6 is 11.6 Å². The van der Waals surface area contributed by atoms with Crippen molar-refractivity contribution < 1.29 is 23.5 Å². The van der Waals surface area contributed by atoms with E-state index < -0.39 is 24.0 Å². The first-order valence-corrected chi connectivity index (χ1v) is 14.4. The number of methoxy groups -OCH3 is 1. The van der Waals surface area contributed by atoms with Crippen LogP contribution in [0.5, 0.6) is 0 Å². The number of halogens is 2. The number of hydrogen-bond donors (Lipinski definition) is 4. The average molecular weight is 611 g/mol. The molecule has 2 unspecified atom stereocenters. The van der Waals surface area contributed by atoms with Gasteiger partial charge in [0.1, 0.15) is 11.7 Å². The Morgan fingerprint density at radius 3 is 2.74 bits per heavy atom. The Labute approximate surface area is 255 Å². The maximum atomic E-state index is 15.3. The fourth-order valence-corrected chi connectivity index (χ4v) is 5.40. The predicted molar refractivity (Wildman–Crippen MR) is 165 cm³/mol. The number of nitrogens with zero attached hydrogens (tertiary/aromatic N) is 2. The van der Waals surface area contributed by atoms with E-state index in [-0.39, 0.29) is 23.4 Å². The molecule has 4 rings (SSSR count). The second kappa shape index (κ2) is 14.2. The van der Waals surface area contributed by atoms with Crippen molar-refractivity contribution in [3.8, 4) is 11.3 Å². The van der Waals surface area contributed by atoms with Crippen LogP contribution in [0.1, 0.15) is 58.3 Å². The first kappa shape index (κ1) is 31.6. The van der Waals surface area contributed by atoms with Crippen LogP contribution in [0.15, 0.2) is 70.7 Å². The minimum Gasteiger partial charge on any atom is -0.453 e. The Morgan fingerprint density at radius 1 is 1.26 bits per heavy atom. The number of amides is 4. The molecule has 10 nitrogen and oxygen atoms in total. The first-order valence-electron chi connectivity index (χ1n) is 14.0. The Bertz CT molecular complexity index is 1510. The number of carbonyl (C=O) groups is 3. The molecule has 1 saturated heterocycles. The number of benzene rings is 1. The largest absolute Gasteiger partial charge is 0.453 e. The number of urea groups is 1. The first-order chi connectivity index (χ1) is 20.6. The van der Waals surface area contributed by atoms with Crippen LogP contribution in [0.3, 0.4) is 0 Å². The molecule has 1 fully saturated rings. The van der Waals surface area contributed by atoms with E-state index >= 15 is 4.39 Å². The zero-order valence-electron chi connectivity index (χ0n) is 24.6. The van der Waals surface area contributed by atoms with Crippen molar-refractivity contribution in [2.45, 2.75) is 58.5 Å². The van der Waals surface area contributed by atoms with Crippen molar-refractivity contribution in [2.24, 2.45) is 0 Å². The lowest BCUT2D eigenvalue weighted by molar-refractivity contribution is -0.116. The highest BCUT2D eigenvalue weighted by molar-refractivity contribution is 6.31. The van der Waals surface area contributed by atoms with E-state index in [2.05, 4.69) is 25.7 Å². The third-order valence-corrected chi connectivity index (χ3v) is 7.51. The van der Waals surface area contributed by atoms with E-state index in [1.165, 1.54) is 13.2 Å². The molecule has 228 valence electrons. The van der Waals surface area contributed by atoms with Gasteiger partial charge in [-0.3, -0.25) is 10.1 Å². The Kier molecular flexibility index (Phi) is 10.4. The third-order valence-electron chi connectivity index (χ3n) is 7.22. The highest BCUT2D eigenvalue weighted by Gasteiger charge is 2.35. The van der Waals surface area contributed by atoms with Crippen LogP contribution in [0.4, 0.5) is 25.4 Å². The summed E-state index contributed by atoms with van der Waals surface area (Å²) in [5.41, 5.74) is 3.20. The number of H-pyrrole nitrogens is 1. The van der Waals surface area contributed by atoms with Crippen LogP contribution in [0.2, 0.25) is 0 Å². The van der Waals surface area contributed by atoms with Gasteiger partial charge >= 0.3 is 12.1 Å². The molecule has 1 aromatic heterocycles. The maximum Gasteiger partial charge on any atom is 0.411 e. The number of allylic oxidation sites excluding steroid dienone is 5. The van der Waals surface area contributed by atoms with E-state index in [1.807, 2.05) is 12.2 Å². The molecule has 43 heavy (non-hydrogen) atoms. The van der Waals surface area contributed by atoms with Crippen LogP contribution in [-0.4, -0.2) is 52.6 Å². The molecular formula is C31H36ClFN6O4. The number of hydrogen-bond acceptors (Lipinski definition) is 5. The summed E-state index contributed by atoms with van der Waals surface area (Å²) in [7, 11) is 1.27. The van der Waals surface area contributed by atoms with Gasteiger partial charge in [0.2, 0.25) is 5.91 Å². The molecule has 4 amide bonds. The summed E-state index contributed by atoms with van der Waals surface area (Å²) in [6.45, 7) is 5.70. The lowest BCUT2D eigenvalue weighted by Crippen LogP contribution is -2.53. The minimum atomic E-state index is -0.635. The molecule has 2 aliphatic heterocycles. The second-order valence-corrected chi connectivity index (χ2v) is 10.8. The number of nitrogens with one attached hydrogen (secondary N) is 4. The highest BCUT2D eigenvalue weighted by atomic mass is 35.5. The summed E-state index contributed by atoms with van der Waals surface area (Å²) in [6, 6.07) is 3.74. The number of ether oxygens (including phenoxy) is 1. The molecule has 0 radical (unpaired) electrons. The second-order valence-electron chi connectivity index (χ2n) is 10.4. The molecule has 0 aliphatic carbocycles. The summed E-state index contributed by atoms with van der Waals surface area (Å²) in [4.78, 5) is 47.7. The van der Waals surface area contributed by atoms with Gasteiger partial charge in [-0.2, -0.15) is 0 Å². The molecule has 3 heterocycles. The van der Waals surface area contributed by atoms with Crippen molar-refractivity contribution in [3.63, 3.8) is 0 Å². The van der Waals surface area contributed by atoms with Gasteiger partial charge in [0.15, 0.2) is 0 Å². The van der Waals surface area contributed by atoms with Crippen molar-refractivity contribution >= 4 is 41.0 Å². The quantitative estimate of drug-likeness (QED) is 0.212. The predicted octanol–water partition coefficient (Wildman–Crippen LogP) is 7.09. The SMILES string of the molecule is C/C=C\C(Cl)=C(\F)C(=C(C)C)C1CCN(C2C/C=C/CCC(=O)Nc3cc(NC(=O)OC)ccc3-c3c[nH]c2n3)C(=O)N1. The normalized spacial score (nSPS) is 20.4. The number of imidazole rings is 1. The van der Waals surface area contributed by atoms with Crippen molar-refractivity contribution in [1.82, 2.24) is 20.2 Å². The van der Waals surface area contributed by atoms with Gasteiger partial charge in [-0.15, -0.1) is 0 Å². The zero-order chi connectivity index (χ0) is 31.1. The maximum absolute atomic E-state index is 15.3. The van der Waals surface area contributed by atoms with E-state index in [9.17, 15) is 14.4 Å². The van der Waals surface area contributed by atoms with Gasteiger partial charge in [-0.05, 0) is 64.3 Å². The Morgan fingerprint density at radius 2 is 2.05 bits per heavy atom. The number of anilines is 2. The van der Waals surface area contributed by atoms with Gasteiger partial charge in [-0.25, -0.2) is 19.0 Å². The van der Waals surface area contributed by atoms with Gasteiger partial charge in [0.25, 0.3) is 0 Å². The summed E-state index contributed by atoms with van der Waals surface area (Å²) in [5, 5.41) is 8.48. The number of fused-ring (bicyclic) bond motifs is 4. The Hall–Kier alpha value is -4.38. The molecular weight excluding hydrogens is 575 g/mol. The molecule has 2 atom stereocenters. The highest BCUT2D eigenvalue weighted by Crippen LogP contribution is 2.35. The van der Waals surface area contributed by atoms with Crippen LogP contribution in [0, 0.1) is 0 Å². The zero-order valence-corrected chi connectivity index (χ0v) is 25.3. The molecule has 0 saturated carbocycles. The van der Waals surface area contributed by atoms with E-state index in [0.29, 0.717) is 59.8 Å². The average Bonchev–Trinajstić information content (AvgIpc) is 3.45. The number of aromatic amines is 1. The molecule has 2 bridgehead atoms. The topological polar surface area (TPSA) is 128 Å². The molecule has 1 aromatic carbocycles. The summed E-state index contributed by atoms with van der Waals surface area (Å²) in [5.74, 6) is -0.183. The van der Waals surface area contributed by atoms with E-state index in [1.54, 1.807) is 56.1 Å². The van der Waals surface area contributed by atoms with Crippen LogP contribution in [-0.2, 0) is 9.53 Å². The molecule has 12 heteroatoms. The molecule has 0 spiro atoms.